The maximum atomic E-state index is 13.1. The van der Waals surface area contributed by atoms with Crippen LogP contribution in [-0.4, -0.2) is 44.2 Å². The van der Waals surface area contributed by atoms with Gasteiger partial charge < -0.3 is 9.16 Å². The molecule has 1 heterocycles. The molecule has 0 aliphatic carbocycles. The number of imide groups is 1. The van der Waals surface area contributed by atoms with E-state index in [4.69, 9.17) is 4.43 Å². The standard InChI is InChI=1S/C23H35NO5Si/c1-15(2)30(16(3)4,17(5)6)29-22-21(18-11-9-8-10-12-18)24(23(22)27)19(25)13-14-20(26)28-7/h8-12,15-17,21-22H,13-14H2,1-7H3/t21-,22+/m0/s1. The van der Waals surface area contributed by atoms with Crippen LogP contribution in [0.25, 0.3) is 0 Å². The minimum Gasteiger partial charge on any atom is -0.469 e. The molecule has 0 aromatic heterocycles. The highest BCUT2D eigenvalue weighted by atomic mass is 28.4. The third kappa shape index (κ3) is 4.52. The fraction of sp³-hybridized carbons (Fsp3) is 0.609. The van der Waals surface area contributed by atoms with E-state index < -0.39 is 26.4 Å². The highest BCUT2D eigenvalue weighted by molar-refractivity contribution is 6.77. The molecule has 7 heteroatoms. The van der Waals surface area contributed by atoms with Crippen LogP contribution in [0.2, 0.25) is 16.6 Å². The van der Waals surface area contributed by atoms with Gasteiger partial charge in [0.2, 0.25) is 14.2 Å². The average molecular weight is 434 g/mol. The molecule has 6 nitrogen and oxygen atoms in total. The summed E-state index contributed by atoms with van der Waals surface area (Å²) in [5, 5.41) is 0. The normalized spacial score (nSPS) is 19.4. The molecule has 2 atom stereocenters. The molecule has 0 spiro atoms. The van der Waals surface area contributed by atoms with Gasteiger partial charge in [0.1, 0.15) is 0 Å². The maximum absolute atomic E-state index is 13.1. The largest absolute Gasteiger partial charge is 0.469 e. The molecular formula is C23H35NO5Si. The average Bonchev–Trinajstić information content (AvgIpc) is 2.70. The zero-order valence-electron chi connectivity index (χ0n) is 19.2. The Labute approximate surface area is 181 Å². The van der Waals surface area contributed by atoms with Crippen LogP contribution in [0.5, 0.6) is 0 Å². The van der Waals surface area contributed by atoms with Gasteiger partial charge in [0.15, 0.2) is 6.10 Å². The summed E-state index contributed by atoms with van der Waals surface area (Å²) in [6, 6.07) is 9.05. The number of benzene rings is 1. The lowest BCUT2D eigenvalue weighted by Gasteiger charge is -2.52. The van der Waals surface area contributed by atoms with Gasteiger partial charge in [-0.2, -0.15) is 0 Å². The van der Waals surface area contributed by atoms with Crippen LogP contribution in [0.4, 0.5) is 0 Å². The molecule has 1 aromatic carbocycles. The van der Waals surface area contributed by atoms with E-state index in [1.165, 1.54) is 12.0 Å². The number of likely N-dealkylation sites (tertiary alicyclic amines) is 1. The van der Waals surface area contributed by atoms with Crippen LogP contribution in [-0.2, 0) is 23.5 Å². The second-order valence-electron chi connectivity index (χ2n) is 8.89. The minimum absolute atomic E-state index is 0.0468. The molecule has 2 rings (SSSR count). The van der Waals surface area contributed by atoms with Crippen molar-refractivity contribution in [1.29, 1.82) is 0 Å². The molecule has 0 saturated carbocycles. The van der Waals surface area contributed by atoms with Crippen LogP contribution in [0.1, 0.15) is 66.0 Å². The molecular weight excluding hydrogens is 398 g/mol. The van der Waals surface area contributed by atoms with Crippen LogP contribution in [0.15, 0.2) is 30.3 Å². The summed E-state index contributed by atoms with van der Waals surface area (Å²) in [6.45, 7) is 13.0. The van der Waals surface area contributed by atoms with Gasteiger partial charge in [-0.1, -0.05) is 71.9 Å². The molecule has 0 N–H and O–H groups in total. The maximum Gasteiger partial charge on any atom is 0.306 e. The van der Waals surface area contributed by atoms with Crippen molar-refractivity contribution < 1.29 is 23.5 Å². The van der Waals surface area contributed by atoms with Crippen molar-refractivity contribution in [2.24, 2.45) is 0 Å². The molecule has 0 bridgehead atoms. The number of carbonyl (C=O) groups excluding carboxylic acids is 3. The highest BCUT2D eigenvalue weighted by Crippen LogP contribution is 2.47. The number of rotatable bonds is 9. The first-order valence-electron chi connectivity index (χ1n) is 10.7. The summed E-state index contributed by atoms with van der Waals surface area (Å²) in [4.78, 5) is 38.7. The quantitative estimate of drug-likeness (QED) is 0.323. The SMILES string of the molecule is COC(=O)CCC(=O)N1C(=O)[C@H](O[Si](C(C)C)(C(C)C)C(C)C)[C@@H]1c1ccccc1. The number of nitrogens with zero attached hydrogens (tertiary/aromatic N) is 1. The lowest BCUT2D eigenvalue weighted by Crippen LogP contribution is -2.66. The summed E-state index contributed by atoms with van der Waals surface area (Å²) in [6.07, 6.45) is -0.780. The zero-order chi connectivity index (χ0) is 22.6. The number of methoxy groups -OCH3 is 1. The van der Waals surface area contributed by atoms with Gasteiger partial charge in [-0.3, -0.25) is 19.3 Å². The fourth-order valence-corrected chi connectivity index (χ4v) is 10.4. The first-order valence-corrected chi connectivity index (χ1v) is 12.9. The number of esters is 1. The van der Waals surface area contributed by atoms with Crippen molar-refractivity contribution in [1.82, 2.24) is 4.90 Å². The third-order valence-corrected chi connectivity index (χ3v) is 12.3. The Bertz CT molecular complexity index is 740. The second kappa shape index (κ2) is 9.88. The summed E-state index contributed by atoms with van der Waals surface area (Å²) >= 11 is 0. The number of hydrogen-bond acceptors (Lipinski definition) is 5. The summed E-state index contributed by atoms with van der Waals surface area (Å²) < 4.78 is 11.4. The molecule has 1 aliphatic rings. The second-order valence-corrected chi connectivity index (χ2v) is 14.3. The third-order valence-electron chi connectivity index (χ3n) is 6.26. The zero-order valence-corrected chi connectivity index (χ0v) is 20.2. The lowest BCUT2D eigenvalue weighted by atomic mass is 9.90. The molecule has 1 aromatic rings. The highest BCUT2D eigenvalue weighted by Gasteiger charge is 2.57. The van der Waals surface area contributed by atoms with Crippen LogP contribution in [0, 0.1) is 0 Å². The van der Waals surface area contributed by atoms with Crippen molar-refractivity contribution in [2.45, 2.75) is 83.2 Å². The van der Waals surface area contributed by atoms with E-state index in [0.717, 1.165) is 5.56 Å². The number of ether oxygens (including phenoxy) is 1. The van der Waals surface area contributed by atoms with Crippen molar-refractivity contribution >= 4 is 26.1 Å². The Morgan fingerprint density at radius 2 is 1.50 bits per heavy atom. The van der Waals surface area contributed by atoms with E-state index in [1.54, 1.807) is 0 Å². The molecule has 1 saturated heterocycles. The molecule has 30 heavy (non-hydrogen) atoms. The first kappa shape index (κ1) is 24.3. The van der Waals surface area contributed by atoms with Crippen molar-refractivity contribution in [3.05, 3.63) is 35.9 Å². The van der Waals surface area contributed by atoms with E-state index in [-0.39, 0.29) is 24.7 Å². The minimum atomic E-state index is -2.32. The first-order chi connectivity index (χ1) is 14.1. The van der Waals surface area contributed by atoms with Crippen LogP contribution in [0.3, 0.4) is 0 Å². The molecule has 0 radical (unpaired) electrons. The summed E-state index contributed by atoms with van der Waals surface area (Å²) in [5.74, 6) is -1.14. The van der Waals surface area contributed by atoms with Gasteiger partial charge in [0.05, 0.1) is 19.6 Å². The van der Waals surface area contributed by atoms with E-state index in [9.17, 15) is 14.4 Å². The van der Waals surface area contributed by atoms with E-state index in [2.05, 4.69) is 46.3 Å². The van der Waals surface area contributed by atoms with Crippen molar-refractivity contribution in [2.75, 3.05) is 7.11 Å². The Morgan fingerprint density at radius 3 is 1.97 bits per heavy atom. The van der Waals surface area contributed by atoms with Gasteiger partial charge in [-0.05, 0) is 22.2 Å². The van der Waals surface area contributed by atoms with Gasteiger partial charge in [0.25, 0.3) is 5.91 Å². The molecule has 1 fully saturated rings. The number of carbonyl (C=O) groups is 3. The van der Waals surface area contributed by atoms with Crippen LogP contribution >= 0.6 is 0 Å². The fourth-order valence-electron chi connectivity index (χ4n) is 4.89. The monoisotopic (exact) mass is 433 g/mol. The molecule has 1 aliphatic heterocycles. The van der Waals surface area contributed by atoms with Gasteiger partial charge in [-0.25, -0.2) is 0 Å². The van der Waals surface area contributed by atoms with Gasteiger partial charge in [0, 0.05) is 6.42 Å². The summed E-state index contributed by atoms with van der Waals surface area (Å²) in [5.41, 5.74) is 1.84. The smallest absolute Gasteiger partial charge is 0.306 e. The molecule has 0 unspecified atom stereocenters. The number of amides is 2. The van der Waals surface area contributed by atoms with E-state index in [0.29, 0.717) is 16.6 Å². The Kier molecular flexibility index (Phi) is 7.99. The van der Waals surface area contributed by atoms with Gasteiger partial charge in [-0.15, -0.1) is 0 Å². The molecule has 2 amide bonds. The van der Waals surface area contributed by atoms with E-state index >= 15 is 0 Å². The number of hydrogen-bond donors (Lipinski definition) is 0. The Balaban J connectivity index is 2.36. The lowest BCUT2D eigenvalue weighted by molar-refractivity contribution is -0.174. The Morgan fingerprint density at radius 1 is 0.967 bits per heavy atom. The summed E-state index contributed by atoms with van der Waals surface area (Å²) in [7, 11) is -1.03. The number of β-lactam (4-membered cyclic amide) rings is 1. The van der Waals surface area contributed by atoms with Crippen LogP contribution < -0.4 is 0 Å². The predicted octanol–water partition coefficient (Wildman–Crippen LogP) is 4.61. The molecule has 166 valence electrons. The van der Waals surface area contributed by atoms with Crippen molar-refractivity contribution in [3.63, 3.8) is 0 Å². The Hall–Kier alpha value is -1.99. The van der Waals surface area contributed by atoms with E-state index in [1.807, 2.05) is 30.3 Å². The van der Waals surface area contributed by atoms with Gasteiger partial charge >= 0.3 is 5.97 Å². The predicted molar refractivity (Wildman–Crippen MR) is 118 cm³/mol. The topological polar surface area (TPSA) is 72.9 Å². The van der Waals surface area contributed by atoms with Crippen molar-refractivity contribution in [3.8, 4) is 0 Å².